The molecule has 0 bridgehead atoms. The van der Waals surface area contributed by atoms with Gasteiger partial charge in [-0.25, -0.2) is 0 Å². The number of nitrogens with zero attached hydrogens (tertiary/aromatic N) is 2. The highest BCUT2D eigenvalue weighted by Gasteiger charge is 2.09. The first-order valence-corrected chi connectivity index (χ1v) is 6.95. The van der Waals surface area contributed by atoms with Crippen LogP contribution in [-0.4, -0.2) is 21.5 Å². The number of hydrogen-bond acceptors (Lipinski definition) is 3. The highest BCUT2D eigenvalue weighted by molar-refractivity contribution is 5.96. The fourth-order valence-corrected chi connectivity index (χ4v) is 2.11. The van der Waals surface area contributed by atoms with Crippen molar-refractivity contribution in [2.24, 2.45) is 7.05 Å². The third-order valence-electron chi connectivity index (χ3n) is 3.17. The molecule has 1 N–H and O–H groups in total. The molecule has 1 amide bonds. The van der Waals surface area contributed by atoms with Crippen LogP contribution in [0.4, 0.5) is 5.82 Å². The van der Waals surface area contributed by atoms with Gasteiger partial charge in [0.15, 0.2) is 5.78 Å². The van der Waals surface area contributed by atoms with Crippen LogP contribution in [0.2, 0.25) is 0 Å². The second kappa shape index (κ2) is 6.83. The number of rotatable bonds is 6. The van der Waals surface area contributed by atoms with E-state index in [0.29, 0.717) is 30.6 Å². The molecule has 1 heterocycles. The standard InChI is InChI=1S/C16H19N3O2/c1-12-11-15(19(2)18-12)17-16(21)10-6-9-14(20)13-7-4-3-5-8-13/h3-5,7-8,11H,6,9-10H2,1-2H3,(H,17,21). The Morgan fingerprint density at radius 2 is 1.90 bits per heavy atom. The second-order valence-corrected chi connectivity index (χ2v) is 4.99. The zero-order valence-electron chi connectivity index (χ0n) is 12.3. The van der Waals surface area contributed by atoms with Gasteiger partial charge < -0.3 is 5.32 Å². The molecule has 1 aromatic heterocycles. The Morgan fingerprint density at radius 1 is 1.19 bits per heavy atom. The normalized spacial score (nSPS) is 10.4. The fourth-order valence-electron chi connectivity index (χ4n) is 2.11. The number of hydrogen-bond donors (Lipinski definition) is 1. The molecule has 0 atom stereocenters. The summed E-state index contributed by atoms with van der Waals surface area (Å²) in [5.41, 5.74) is 1.55. The van der Waals surface area contributed by atoms with E-state index in [1.165, 1.54) is 0 Å². The lowest BCUT2D eigenvalue weighted by Crippen LogP contribution is -2.14. The molecule has 0 saturated carbocycles. The Morgan fingerprint density at radius 3 is 2.52 bits per heavy atom. The molecule has 1 aromatic carbocycles. The van der Waals surface area contributed by atoms with Gasteiger partial charge >= 0.3 is 0 Å². The van der Waals surface area contributed by atoms with Crippen LogP contribution in [0.3, 0.4) is 0 Å². The summed E-state index contributed by atoms with van der Waals surface area (Å²) in [5.74, 6) is 0.644. The zero-order valence-corrected chi connectivity index (χ0v) is 12.3. The van der Waals surface area contributed by atoms with Crippen LogP contribution in [0.1, 0.15) is 35.3 Å². The summed E-state index contributed by atoms with van der Waals surface area (Å²) >= 11 is 0. The van der Waals surface area contributed by atoms with Gasteiger partial charge in [-0.15, -0.1) is 0 Å². The van der Waals surface area contributed by atoms with Gasteiger partial charge in [0.25, 0.3) is 0 Å². The molecule has 21 heavy (non-hydrogen) atoms. The summed E-state index contributed by atoms with van der Waals surface area (Å²) in [5, 5.41) is 6.95. The third-order valence-corrected chi connectivity index (χ3v) is 3.17. The average molecular weight is 285 g/mol. The lowest BCUT2D eigenvalue weighted by molar-refractivity contribution is -0.116. The van der Waals surface area contributed by atoms with E-state index in [-0.39, 0.29) is 11.7 Å². The van der Waals surface area contributed by atoms with Crippen molar-refractivity contribution >= 4 is 17.5 Å². The highest BCUT2D eigenvalue weighted by atomic mass is 16.1. The summed E-state index contributed by atoms with van der Waals surface area (Å²) in [4.78, 5) is 23.7. The van der Waals surface area contributed by atoms with E-state index >= 15 is 0 Å². The number of ketones is 1. The molecule has 5 nitrogen and oxygen atoms in total. The van der Waals surface area contributed by atoms with E-state index in [4.69, 9.17) is 0 Å². The number of Topliss-reactive ketones (excluding diaryl/α,β-unsaturated/α-hetero) is 1. The molecular weight excluding hydrogens is 266 g/mol. The number of carbonyl (C=O) groups is 2. The van der Waals surface area contributed by atoms with Gasteiger partial charge in [-0.05, 0) is 13.3 Å². The number of aromatic nitrogens is 2. The Hall–Kier alpha value is -2.43. The van der Waals surface area contributed by atoms with E-state index in [0.717, 1.165) is 5.69 Å². The van der Waals surface area contributed by atoms with Crippen LogP contribution < -0.4 is 5.32 Å². The molecule has 0 aliphatic heterocycles. The summed E-state index contributed by atoms with van der Waals surface area (Å²) in [6.45, 7) is 1.87. The van der Waals surface area contributed by atoms with Crippen molar-refractivity contribution in [1.29, 1.82) is 0 Å². The first-order chi connectivity index (χ1) is 10.1. The molecule has 2 rings (SSSR count). The van der Waals surface area contributed by atoms with Crippen molar-refractivity contribution in [3.05, 3.63) is 47.7 Å². The molecule has 0 aliphatic rings. The van der Waals surface area contributed by atoms with Crippen molar-refractivity contribution in [3.63, 3.8) is 0 Å². The minimum Gasteiger partial charge on any atom is -0.311 e. The highest BCUT2D eigenvalue weighted by Crippen LogP contribution is 2.10. The Kier molecular flexibility index (Phi) is 4.87. The SMILES string of the molecule is Cc1cc(NC(=O)CCCC(=O)c2ccccc2)n(C)n1. The molecule has 0 aliphatic carbocycles. The predicted molar refractivity (Wildman–Crippen MR) is 81.2 cm³/mol. The first-order valence-electron chi connectivity index (χ1n) is 6.95. The van der Waals surface area contributed by atoms with E-state index in [1.54, 1.807) is 23.9 Å². The maximum absolute atomic E-state index is 11.9. The van der Waals surface area contributed by atoms with Crippen molar-refractivity contribution < 1.29 is 9.59 Å². The molecule has 0 spiro atoms. The summed E-state index contributed by atoms with van der Waals surface area (Å²) in [7, 11) is 1.78. The monoisotopic (exact) mass is 285 g/mol. The van der Waals surface area contributed by atoms with Crippen LogP contribution >= 0.6 is 0 Å². The lowest BCUT2D eigenvalue weighted by Gasteiger charge is -2.05. The van der Waals surface area contributed by atoms with E-state index < -0.39 is 0 Å². The zero-order chi connectivity index (χ0) is 15.2. The average Bonchev–Trinajstić information content (AvgIpc) is 2.77. The number of amides is 1. The van der Waals surface area contributed by atoms with Crippen LogP contribution in [0.5, 0.6) is 0 Å². The third kappa shape index (κ3) is 4.27. The summed E-state index contributed by atoms with van der Waals surface area (Å²) in [6, 6.07) is 10.9. The van der Waals surface area contributed by atoms with Gasteiger partial charge in [-0.3, -0.25) is 14.3 Å². The van der Waals surface area contributed by atoms with Crippen molar-refractivity contribution in [3.8, 4) is 0 Å². The molecule has 0 saturated heterocycles. The van der Waals surface area contributed by atoms with Gasteiger partial charge in [0, 0.05) is 31.5 Å². The van der Waals surface area contributed by atoms with Gasteiger partial charge in [0.05, 0.1) is 5.69 Å². The summed E-state index contributed by atoms with van der Waals surface area (Å²) < 4.78 is 1.63. The van der Waals surface area contributed by atoms with Crippen LogP contribution in [0, 0.1) is 6.92 Å². The maximum atomic E-state index is 11.9. The molecule has 110 valence electrons. The minimum atomic E-state index is -0.0983. The molecule has 0 fully saturated rings. The van der Waals surface area contributed by atoms with Gasteiger partial charge in [0.2, 0.25) is 5.91 Å². The lowest BCUT2D eigenvalue weighted by atomic mass is 10.1. The smallest absolute Gasteiger partial charge is 0.225 e. The van der Waals surface area contributed by atoms with Gasteiger partial charge in [0.1, 0.15) is 5.82 Å². The number of carbonyl (C=O) groups excluding carboxylic acids is 2. The number of aryl methyl sites for hydroxylation is 2. The first kappa shape index (κ1) is 15.0. The van der Waals surface area contributed by atoms with Crippen molar-refractivity contribution in [1.82, 2.24) is 9.78 Å². The van der Waals surface area contributed by atoms with E-state index in [1.807, 2.05) is 31.2 Å². The van der Waals surface area contributed by atoms with Crippen molar-refractivity contribution in [2.75, 3.05) is 5.32 Å². The van der Waals surface area contributed by atoms with Crippen LogP contribution in [0.15, 0.2) is 36.4 Å². The van der Waals surface area contributed by atoms with Crippen LogP contribution in [-0.2, 0) is 11.8 Å². The van der Waals surface area contributed by atoms with Gasteiger partial charge in [-0.1, -0.05) is 30.3 Å². The Bertz CT molecular complexity index is 632. The topological polar surface area (TPSA) is 64.0 Å². The molecule has 5 heteroatoms. The molecular formula is C16H19N3O2. The number of anilines is 1. The maximum Gasteiger partial charge on any atom is 0.225 e. The molecule has 0 radical (unpaired) electrons. The molecule has 0 unspecified atom stereocenters. The minimum absolute atomic E-state index is 0.0692. The van der Waals surface area contributed by atoms with Crippen molar-refractivity contribution in [2.45, 2.75) is 26.2 Å². The van der Waals surface area contributed by atoms with Gasteiger partial charge in [-0.2, -0.15) is 5.10 Å². The number of nitrogens with one attached hydrogen (secondary N) is 1. The van der Waals surface area contributed by atoms with E-state index in [2.05, 4.69) is 10.4 Å². The summed E-state index contributed by atoms with van der Waals surface area (Å²) in [6.07, 6.45) is 1.24. The largest absolute Gasteiger partial charge is 0.311 e. The Balaban J connectivity index is 1.77. The fraction of sp³-hybridized carbons (Fsp3) is 0.312. The van der Waals surface area contributed by atoms with E-state index in [9.17, 15) is 9.59 Å². The van der Waals surface area contributed by atoms with Crippen LogP contribution in [0.25, 0.3) is 0 Å². The second-order valence-electron chi connectivity index (χ2n) is 4.99. The predicted octanol–water partition coefficient (Wildman–Crippen LogP) is 2.72. The Labute approximate surface area is 124 Å². The number of benzene rings is 1. The quantitative estimate of drug-likeness (QED) is 0.830. The molecule has 2 aromatic rings.